The van der Waals surface area contributed by atoms with Gasteiger partial charge in [-0.25, -0.2) is 9.18 Å². The van der Waals surface area contributed by atoms with Gasteiger partial charge in [0, 0.05) is 0 Å². The summed E-state index contributed by atoms with van der Waals surface area (Å²) in [6, 6.07) is 3.90. The van der Waals surface area contributed by atoms with Gasteiger partial charge in [0.1, 0.15) is 5.82 Å². The lowest BCUT2D eigenvalue weighted by Gasteiger charge is -2.19. The SMILES string of the molecule is CC(C)(C)c1cc(F)cc(C(=O)O)c1. The quantitative estimate of drug-likeness (QED) is 0.749. The number of carboxylic acids is 1. The first-order valence-corrected chi connectivity index (χ1v) is 4.35. The van der Waals surface area contributed by atoms with Crippen molar-refractivity contribution < 1.29 is 14.3 Å². The molecule has 0 atom stereocenters. The molecular formula is C11H13FO2. The Kier molecular flexibility index (Phi) is 2.60. The zero-order valence-electron chi connectivity index (χ0n) is 8.47. The molecule has 0 aliphatic rings. The summed E-state index contributed by atoms with van der Waals surface area (Å²) in [5, 5.41) is 8.73. The summed E-state index contributed by atoms with van der Waals surface area (Å²) in [6.07, 6.45) is 0. The van der Waals surface area contributed by atoms with Crippen molar-refractivity contribution in [2.45, 2.75) is 26.2 Å². The van der Waals surface area contributed by atoms with E-state index in [0.717, 1.165) is 6.07 Å². The van der Waals surface area contributed by atoms with Crippen LogP contribution in [0.15, 0.2) is 18.2 Å². The molecule has 1 aromatic rings. The Morgan fingerprint density at radius 1 is 1.29 bits per heavy atom. The van der Waals surface area contributed by atoms with Crippen LogP contribution in [0.4, 0.5) is 4.39 Å². The summed E-state index contributed by atoms with van der Waals surface area (Å²) in [5.74, 6) is -1.61. The maximum absolute atomic E-state index is 13.1. The Hall–Kier alpha value is -1.38. The minimum absolute atomic E-state index is 0.00470. The van der Waals surface area contributed by atoms with Crippen LogP contribution in [0.25, 0.3) is 0 Å². The van der Waals surface area contributed by atoms with Gasteiger partial charge in [0.05, 0.1) is 5.56 Å². The molecule has 0 aliphatic heterocycles. The first-order chi connectivity index (χ1) is 6.30. The van der Waals surface area contributed by atoms with Gasteiger partial charge in [-0.1, -0.05) is 20.8 Å². The molecule has 0 spiro atoms. The molecule has 0 radical (unpaired) electrons. The highest BCUT2D eigenvalue weighted by Gasteiger charge is 2.17. The molecule has 1 rings (SSSR count). The van der Waals surface area contributed by atoms with Gasteiger partial charge in [-0.2, -0.15) is 0 Å². The van der Waals surface area contributed by atoms with Crippen molar-refractivity contribution in [3.8, 4) is 0 Å². The lowest BCUT2D eigenvalue weighted by Crippen LogP contribution is -2.13. The van der Waals surface area contributed by atoms with Crippen LogP contribution in [0.2, 0.25) is 0 Å². The van der Waals surface area contributed by atoms with Crippen molar-refractivity contribution in [1.82, 2.24) is 0 Å². The van der Waals surface area contributed by atoms with E-state index in [1.54, 1.807) is 0 Å². The Balaban J connectivity index is 3.28. The summed E-state index contributed by atoms with van der Waals surface area (Å²) >= 11 is 0. The largest absolute Gasteiger partial charge is 0.478 e. The molecule has 76 valence electrons. The molecule has 1 N–H and O–H groups in total. The van der Waals surface area contributed by atoms with Crippen LogP contribution in [-0.4, -0.2) is 11.1 Å². The fraction of sp³-hybridized carbons (Fsp3) is 0.364. The van der Waals surface area contributed by atoms with Crippen molar-refractivity contribution in [3.05, 3.63) is 35.1 Å². The minimum Gasteiger partial charge on any atom is -0.478 e. The average Bonchev–Trinajstić information content (AvgIpc) is 2.01. The van der Waals surface area contributed by atoms with Crippen LogP contribution in [-0.2, 0) is 5.41 Å². The summed E-state index contributed by atoms with van der Waals surface area (Å²) in [4.78, 5) is 10.7. The number of benzene rings is 1. The van der Waals surface area contributed by atoms with E-state index in [1.165, 1.54) is 12.1 Å². The number of aromatic carboxylic acids is 1. The Morgan fingerprint density at radius 3 is 2.29 bits per heavy atom. The van der Waals surface area contributed by atoms with Crippen molar-refractivity contribution in [2.75, 3.05) is 0 Å². The van der Waals surface area contributed by atoms with Gasteiger partial charge in [-0.3, -0.25) is 0 Å². The van der Waals surface area contributed by atoms with E-state index >= 15 is 0 Å². The highest BCUT2D eigenvalue weighted by molar-refractivity contribution is 5.87. The number of halogens is 1. The molecular weight excluding hydrogens is 183 g/mol. The van der Waals surface area contributed by atoms with Crippen LogP contribution in [0.5, 0.6) is 0 Å². The number of hydrogen-bond acceptors (Lipinski definition) is 1. The molecule has 1 aromatic carbocycles. The molecule has 2 nitrogen and oxygen atoms in total. The third kappa shape index (κ3) is 2.31. The third-order valence-corrected chi connectivity index (χ3v) is 2.01. The Bertz CT molecular complexity index is 364. The number of carbonyl (C=O) groups is 1. The van der Waals surface area contributed by atoms with E-state index in [-0.39, 0.29) is 11.0 Å². The van der Waals surface area contributed by atoms with Crippen LogP contribution in [0.1, 0.15) is 36.7 Å². The Morgan fingerprint density at radius 2 is 1.86 bits per heavy atom. The summed E-state index contributed by atoms with van der Waals surface area (Å²) < 4.78 is 13.1. The fourth-order valence-corrected chi connectivity index (χ4v) is 1.15. The van der Waals surface area contributed by atoms with Crippen molar-refractivity contribution >= 4 is 5.97 Å². The fourth-order valence-electron chi connectivity index (χ4n) is 1.15. The van der Waals surface area contributed by atoms with Gasteiger partial charge in [0.2, 0.25) is 0 Å². The second kappa shape index (κ2) is 3.40. The van der Waals surface area contributed by atoms with Gasteiger partial charge in [-0.15, -0.1) is 0 Å². The zero-order chi connectivity index (χ0) is 10.9. The molecule has 0 fully saturated rings. The van der Waals surface area contributed by atoms with Crippen molar-refractivity contribution in [2.24, 2.45) is 0 Å². The minimum atomic E-state index is -1.10. The lowest BCUT2D eigenvalue weighted by molar-refractivity contribution is 0.0696. The van der Waals surface area contributed by atoms with E-state index in [4.69, 9.17) is 5.11 Å². The van der Waals surface area contributed by atoms with Crippen LogP contribution in [0, 0.1) is 5.82 Å². The highest BCUT2D eigenvalue weighted by Crippen LogP contribution is 2.24. The van der Waals surface area contributed by atoms with E-state index < -0.39 is 11.8 Å². The molecule has 3 heteroatoms. The van der Waals surface area contributed by atoms with Gasteiger partial charge < -0.3 is 5.11 Å². The molecule has 0 saturated carbocycles. The van der Waals surface area contributed by atoms with Crippen molar-refractivity contribution in [3.63, 3.8) is 0 Å². The van der Waals surface area contributed by atoms with Gasteiger partial charge >= 0.3 is 5.97 Å². The summed E-state index contributed by atoms with van der Waals surface area (Å²) in [7, 11) is 0. The van der Waals surface area contributed by atoms with E-state index in [0.29, 0.717) is 5.56 Å². The first-order valence-electron chi connectivity index (χ1n) is 4.35. The second-order valence-electron chi connectivity index (χ2n) is 4.28. The van der Waals surface area contributed by atoms with Crippen LogP contribution >= 0.6 is 0 Å². The molecule has 0 aliphatic carbocycles. The van der Waals surface area contributed by atoms with Gasteiger partial charge in [0.25, 0.3) is 0 Å². The monoisotopic (exact) mass is 196 g/mol. The molecule has 0 unspecified atom stereocenters. The third-order valence-electron chi connectivity index (χ3n) is 2.01. The Labute approximate surface area is 82.4 Å². The molecule has 0 saturated heterocycles. The maximum Gasteiger partial charge on any atom is 0.335 e. The predicted octanol–water partition coefficient (Wildman–Crippen LogP) is 2.82. The highest BCUT2D eigenvalue weighted by atomic mass is 19.1. The number of rotatable bonds is 1. The predicted molar refractivity (Wildman–Crippen MR) is 52.1 cm³/mol. The topological polar surface area (TPSA) is 37.3 Å². The van der Waals surface area contributed by atoms with Crippen LogP contribution < -0.4 is 0 Å². The van der Waals surface area contributed by atoms with Gasteiger partial charge in [0.15, 0.2) is 0 Å². The zero-order valence-corrected chi connectivity index (χ0v) is 8.47. The summed E-state index contributed by atoms with van der Waals surface area (Å²) in [6.45, 7) is 5.73. The number of hydrogen-bond donors (Lipinski definition) is 1. The standard InChI is InChI=1S/C11H13FO2/c1-11(2,3)8-4-7(10(13)14)5-9(12)6-8/h4-6H,1-3H3,(H,13,14). The second-order valence-corrected chi connectivity index (χ2v) is 4.28. The van der Waals surface area contributed by atoms with E-state index in [1.807, 2.05) is 20.8 Å². The molecule has 0 amide bonds. The lowest BCUT2D eigenvalue weighted by atomic mass is 9.86. The van der Waals surface area contributed by atoms with Crippen molar-refractivity contribution in [1.29, 1.82) is 0 Å². The average molecular weight is 196 g/mol. The molecule has 0 bridgehead atoms. The maximum atomic E-state index is 13.1. The van der Waals surface area contributed by atoms with Crippen LogP contribution in [0.3, 0.4) is 0 Å². The normalized spacial score (nSPS) is 11.4. The van der Waals surface area contributed by atoms with Gasteiger partial charge in [-0.05, 0) is 29.2 Å². The number of carboxylic acid groups (broad SMARTS) is 1. The summed E-state index contributed by atoms with van der Waals surface area (Å²) in [5.41, 5.74) is 0.441. The molecule has 0 heterocycles. The van der Waals surface area contributed by atoms with E-state index in [9.17, 15) is 9.18 Å². The molecule has 14 heavy (non-hydrogen) atoms. The van der Waals surface area contributed by atoms with E-state index in [2.05, 4.69) is 0 Å². The smallest absolute Gasteiger partial charge is 0.335 e. The molecule has 0 aromatic heterocycles. The first kappa shape index (κ1) is 10.7.